The summed E-state index contributed by atoms with van der Waals surface area (Å²) in [4.78, 5) is 0. The molecule has 3 heteroatoms. The van der Waals surface area contributed by atoms with E-state index in [0.717, 1.165) is 35.0 Å². The third kappa shape index (κ3) is 6.82. The predicted octanol–water partition coefficient (Wildman–Crippen LogP) is 11.2. The summed E-state index contributed by atoms with van der Waals surface area (Å²) in [6.45, 7) is 2.67. The summed E-state index contributed by atoms with van der Waals surface area (Å²) in [7, 11) is -0.657. The van der Waals surface area contributed by atoms with Crippen molar-refractivity contribution in [3.8, 4) is 11.1 Å². The van der Waals surface area contributed by atoms with Crippen LogP contribution in [0.25, 0.3) is 11.1 Å². The van der Waals surface area contributed by atoms with Crippen molar-refractivity contribution in [1.82, 2.24) is 0 Å². The predicted molar refractivity (Wildman–Crippen MR) is 202 cm³/mol. The van der Waals surface area contributed by atoms with Crippen molar-refractivity contribution in [3.05, 3.63) is 139 Å². The molecule has 0 aliphatic heterocycles. The van der Waals surface area contributed by atoms with E-state index in [1.807, 2.05) is 30.3 Å². The van der Waals surface area contributed by atoms with E-state index in [1.165, 1.54) is 52.7 Å². The maximum Gasteiger partial charge on any atom is 2.00 e. The molecule has 4 aliphatic rings. The molecule has 4 aliphatic carbocycles. The van der Waals surface area contributed by atoms with Crippen molar-refractivity contribution in [2.24, 2.45) is 23.7 Å². The Kier molecular flexibility index (Phi) is 10.7. The molecule has 7 unspecified atom stereocenters. The van der Waals surface area contributed by atoms with Gasteiger partial charge >= 0.3 is 17.1 Å². The second kappa shape index (κ2) is 15.1. The van der Waals surface area contributed by atoms with Crippen LogP contribution >= 0.6 is 15.8 Å². The smallest absolute Gasteiger partial charge is 0.214 e. The second-order valence-electron chi connectivity index (χ2n) is 14.5. The van der Waals surface area contributed by atoms with Gasteiger partial charge in [-0.05, 0) is 97.7 Å². The van der Waals surface area contributed by atoms with Crippen LogP contribution in [0.4, 0.5) is 0 Å². The summed E-state index contributed by atoms with van der Waals surface area (Å²) in [5.74, 6) is 4.15. The fraction of sp³-hybridized carbons (Fsp3) is 0.364. The van der Waals surface area contributed by atoms with Gasteiger partial charge in [0.1, 0.15) is 0 Å². The van der Waals surface area contributed by atoms with E-state index in [9.17, 15) is 0 Å². The minimum Gasteiger partial charge on any atom is -0.214 e. The Morgan fingerprint density at radius 1 is 0.617 bits per heavy atom. The van der Waals surface area contributed by atoms with E-state index in [0.29, 0.717) is 5.66 Å². The van der Waals surface area contributed by atoms with Gasteiger partial charge in [0, 0.05) is 0 Å². The van der Waals surface area contributed by atoms with Crippen molar-refractivity contribution >= 4 is 31.8 Å². The molecule has 0 radical (unpaired) electrons. The summed E-state index contributed by atoms with van der Waals surface area (Å²) < 4.78 is 0. The fourth-order valence-corrected chi connectivity index (χ4v) is 17.2. The Labute approximate surface area is 296 Å². The SMILES string of the molecule is CC(c1ccc[c-]1-c1ccccc1P(c1ccccc1)c1ccccc1)P(C1CC2CCC1C2)C1CC2CCC1C2.[Fe+2].c1cc[cH-]c1. The first-order valence-electron chi connectivity index (χ1n) is 17.9. The summed E-state index contributed by atoms with van der Waals surface area (Å²) in [6, 6.07) is 49.3. The minimum atomic E-state index is -0.639. The van der Waals surface area contributed by atoms with Gasteiger partial charge in [-0.3, -0.25) is 0 Å². The maximum atomic E-state index is 2.67. The molecular weight excluding hydrogens is 646 g/mol. The largest absolute Gasteiger partial charge is 2.00 e. The van der Waals surface area contributed by atoms with E-state index in [1.54, 1.807) is 31.2 Å². The first-order chi connectivity index (χ1) is 22.7. The van der Waals surface area contributed by atoms with Gasteiger partial charge in [-0.25, -0.2) is 12.1 Å². The molecule has 4 fully saturated rings. The Hall–Kier alpha value is -2.26. The number of hydrogen-bond donors (Lipinski definition) is 0. The summed E-state index contributed by atoms with van der Waals surface area (Å²) in [6.07, 6.45) is 12.3. The monoisotopic (exact) mass is 694 g/mol. The van der Waals surface area contributed by atoms with Crippen LogP contribution in [0.5, 0.6) is 0 Å². The molecule has 0 heterocycles. The topological polar surface area (TPSA) is 0 Å². The van der Waals surface area contributed by atoms with Gasteiger partial charge in [-0.2, -0.15) is 24.3 Å². The van der Waals surface area contributed by atoms with Crippen LogP contribution in [0.15, 0.2) is 133 Å². The third-order valence-corrected chi connectivity index (χ3v) is 18.4. The summed E-state index contributed by atoms with van der Waals surface area (Å²) >= 11 is 0. The Balaban J connectivity index is 0.000000538. The first-order valence-corrected chi connectivity index (χ1v) is 20.8. The average molecular weight is 695 g/mol. The molecule has 242 valence electrons. The number of fused-ring (bicyclic) bond motifs is 4. The minimum absolute atomic E-state index is 0. The molecule has 0 aromatic heterocycles. The molecule has 0 amide bonds. The van der Waals surface area contributed by atoms with Crippen LogP contribution in [0, 0.1) is 23.7 Å². The zero-order chi connectivity index (χ0) is 30.9. The van der Waals surface area contributed by atoms with Crippen molar-refractivity contribution in [1.29, 1.82) is 0 Å². The molecule has 0 spiro atoms. The fourth-order valence-electron chi connectivity index (χ4n) is 9.98. The molecule has 5 aromatic rings. The van der Waals surface area contributed by atoms with E-state index in [-0.39, 0.29) is 25.0 Å². The molecule has 47 heavy (non-hydrogen) atoms. The van der Waals surface area contributed by atoms with Crippen LogP contribution in [0.2, 0.25) is 0 Å². The molecule has 0 nitrogen and oxygen atoms in total. The van der Waals surface area contributed by atoms with Crippen LogP contribution in [0.3, 0.4) is 0 Å². The first kappa shape index (κ1) is 33.2. The quantitative estimate of drug-likeness (QED) is 0.0862. The van der Waals surface area contributed by atoms with Gasteiger partial charge in [0.15, 0.2) is 0 Å². The molecule has 0 N–H and O–H groups in total. The van der Waals surface area contributed by atoms with E-state index in [4.69, 9.17) is 0 Å². The maximum absolute atomic E-state index is 2.67. The van der Waals surface area contributed by atoms with Crippen molar-refractivity contribution in [3.63, 3.8) is 0 Å². The van der Waals surface area contributed by atoms with Crippen LogP contribution in [-0.2, 0) is 17.1 Å². The molecular formula is C44H48FeP2. The van der Waals surface area contributed by atoms with Crippen molar-refractivity contribution in [2.75, 3.05) is 0 Å². The third-order valence-electron chi connectivity index (χ3n) is 11.9. The zero-order valence-electron chi connectivity index (χ0n) is 27.6. The number of benzene rings is 3. The van der Waals surface area contributed by atoms with Crippen molar-refractivity contribution < 1.29 is 17.1 Å². The molecule has 4 bridgehead atoms. The van der Waals surface area contributed by atoms with Gasteiger partial charge in [-0.15, -0.1) is 29.3 Å². The van der Waals surface area contributed by atoms with Crippen LogP contribution in [-0.4, -0.2) is 11.3 Å². The Bertz CT molecular complexity index is 1590. The molecule has 7 atom stereocenters. The zero-order valence-corrected chi connectivity index (χ0v) is 30.5. The molecule has 5 aromatic carbocycles. The van der Waals surface area contributed by atoms with E-state index < -0.39 is 7.92 Å². The van der Waals surface area contributed by atoms with Gasteiger partial charge in [0.2, 0.25) is 0 Å². The molecule has 9 rings (SSSR count). The van der Waals surface area contributed by atoms with Gasteiger partial charge in [0.25, 0.3) is 0 Å². The standard InChI is InChI=1S/C39H43P2.C5H5.Fe/c1-27(40(38-25-28-19-21-30(38)23-28)39-26-29-20-22-31(39)24-29)34-16-10-17-35(34)36-15-8-9-18-37(36)41(32-11-4-2-5-12-32)33-13-6-3-7-14-33;1-2-4-5-3-1;/h2-18,27-31,38-39H,19-26H2,1H3;1-5H;/q2*-1;+2. The van der Waals surface area contributed by atoms with Crippen LogP contribution < -0.4 is 15.9 Å². The average Bonchev–Trinajstić information content (AvgIpc) is 3.97. The number of rotatable bonds is 8. The number of hydrogen-bond acceptors (Lipinski definition) is 0. The second-order valence-corrected chi connectivity index (χ2v) is 19.7. The van der Waals surface area contributed by atoms with Crippen LogP contribution in [0.1, 0.15) is 69.5 Å². The van der Waals surface area contributed by atoms with E-state index >= 15 is 0 Å². The Morgan fingerprint density at radius 3 is 1.66 bits per heavy atom. The summed E-state index contributed by atoms with van der Waals surface area (Å²) in [5, 5.41) is 4.38. The van der Waals surface area contributed by atoms with Gasteiger partial charge in [0.05, 0.1) is 0 Å². The van der Waals surface area contributed by atoms with E-state index in [2.05, 4.69) is 110 Å². The van der Waals surface area contributed by atoms with Crippen molar-refractivity contribution in [2.45, 2.75) is 75.3 Å². The van der Waals surface area contributed by atoms with Gasteiger partial charge in [-0.1, -0.05) is 117 Å². The molecule has 4 saturated carbocycles. The summed E-state index contributed by atoms with van der Waals surface area (Å²) in [5.41, 5.74) is 7.38. The molecule has 0 saturated heterocycles. The normalized spacial score (nSPS) is 26.9. The Morgan fingerprint density at radius 2 is 1.17 bits per heavy atom. The van der Waals surface area contributed by atoms with Gasteiger partial charge < -0.3 is 0 Å².